The molecule has 2 N–H and O–H groups in total. The van der Waals surface area contributed by atoms with Crippen LogP contribution in [-0.2, 0) is 4.74 Å². The second kappa shape index (κ2) is 8.71. The molecule has 1 aromatic rings. The van der Waals surface area contributed by atoms with E-state index >= 15 is 0 Å². The van der Waals surface area contributed by atoms with E-state index in [-0.39, 0.29) is 36.3 Å². The fourth-order valence-electron chi connectivity index (χ4n) is 2.13. The van der Waals surface area contributed by atoms with Crippen LogP contribution in [0.15, 0.2) is 10.9 Å². The highest BCUT2D eigenvalue weighted by molar-refractivity contribution is 7.07. The van der Waals surface area contributed by atoms with Crippen LogP contribution in [0.25, 0.3) is 0 Å². The summed E-state index contributed by atoms with van der Waals surface area (Å²) in [6, 6.07) is 0. The summed E-state index contributed by atoms with van der Waals surface area (Å²) in [6.07, 6.45) is 2.15. The molecule has 0 saturated carbocycles. The molecule has 5 nitrogen and oxygen atoms in total. The molecule has 1 saturated heterocycles. The molecule has 0 bridgehead atoms. The molecule has 1 aliphatic rings. The van der Waals surface area contributed by atoms with Crippen LogP contribution in [0.1, 0.15) is 23.3 Å². The average Bonchev–Trinajstić information content (AvgIpc) is 2.98. The number of halogens is 2. The molecule has 19 heavy (non-hydrogen) atoms. The minimum Gasteiger partial charge on any atom is -0.383 e. The zero-order valence-electron chi connectivity index (χ0n) is 10.7. The van der Waals surface area contributed by atoms with E-state index in [4.69, 9.17) is 4.74 Å². The van der Waals surface area contributed by atoms with Crippen molar-refractivity contribution >= 4 is 42.1 Å². The zero-order valence-corrected chi connectivity index (χ0v) is 13.1. The van der Waals surface area contributed by atoms with Crippen molar-refractivity contribution < 1.29 is 9.53 Å². The molecule has 0 spiro atoms. The molecule has 0 radical (unpaired) electrons. The third-order valence-electron chi connectivity index (χ3n) is 3.01. The molecule has 1 amide bonds. The molecule has 1 aliphatic heterocycles. The van der Waals surface area contributed by atoms with Gasteiger partial charge in [-0.2, -0.15) is 0 Å². The Kier molecular flexibility index (Phi) is 8.52. The molecule has 1 unspecified atom stereocenters. The number of hydrogen-bond acceptors (Lipinski definition) is 5. The Labute approximate surface area is 129 Å². The predicted octanol–water partition coefficient (Wildman–Crippen LogP) is 1.49. The molecule has 0 aromatic carbocycles. The van der Waals surface area contributed by atoms with Crippen LogP contribution in [0.5, 0.6) is 0 Å². The number of aromatic nitrogens is 1. The molecular formula is C11H19Cl2N3O2S. The SMILES string of the molecule is COCC1(CNC(=O)c2cscn2)CCCN1.Cl.Cl. The quantitative estimate of drug-likeness (QED) is 0.860. The van der Waals surface area contributed by atoms with E-state index in [1.807, 2.05) is 0 Å². The van der Waals surface area contributed by atoms with Crippen molar-refractivity contribution in [3.8, 4) is 0 Å². The molecule has 8 heteroatoms. The number of carbonyl (C=O) groups is 1. The molecule has 1 fully saturated rings. The topological polar surface area (TPSA) is 63.2 Å². The Hall–Kier alpha value is -0.400. The minimum absolute atomic E-state index is 0. The van der Waals surface area contributed by atoms with Crippen LogP contribution in [0, 0.1) is 0 Å². The van der Waals surface area contributed by atoms with Crippen molar-refractivity contribution in [2.45, 2.75) is 18.4 Å². The Morgan fingerprint density at radius 1 is 1.63 bits per heavy atom. The number of thiazole rings is 1. The number of ether oxygens (including phenoxy) is 1. The van der Waals surface area contributed by atoms with E-state index in [0.717, 1.165) is 19.4 Å². The second-order valence-corrected chi connectivity index (χ2v) is 5.02. The number of amides is 1. The molecule has 110 valence electrons. The van der Waals surface area contributed by atoms with Crippen molar-refractivity contribution in [2.75, 3.05) is 26.8 Å². The van der Waals surface area contributed by atoms with Crippen molar-refractivity contribution in [1.82, 2.24) is 15.6 Å². The molecule has 1 aromatic heterocycles. The van der Waals surface area contributed by atoms with Gasteiger partial charge in [0.25, 0.3) is 5.91 Å². The summed E-state index contributed by atoms with van der Waals surface area (Å²) in [7, 11) is 1.68. The monoisotopic (exact) mass is 327 g/mol. The molecular weight excluding hydrogens is 309 g/mol. The standard InChI is InChI=1S/C11H17N3O2S.2ClH/c1-16-7-11(3-2-4-14-11)6-12-10(15)9-5-17-8-13-9;;/h5,8,14H,2-4,6-7H2,1H3,(H,12,15);2*1H. The van der Waals surface area contributed by atoms with Gasteiger partial charge < -0.3 is 15.4 Å². The summed E-state index contributed by atoms with van der Waals surface area (Å²) < 4.78 is 5.22. The molecule has 2 heterocycles. The van der Waals surface area contributed by atoms with Crippen LogP contribution >= 0.6 is 36.2 Å². The van der Waals surface area contributed by atoms with Gasteiger partial charge in [0.05, 0.1) is 17.7 Å². The lowest BCUT2D eigenvalue weighted by atomic mass is 9.98. The average molecular weight is 328 g/mol. The summed E-state index contributed by atoms with van der Waals surface area (Å²) >= 11 is 1.42. The fraction of sp³-hybridized carbons (Fsp3) is 0.636. The number of nitrogens with one attached hydrogen (secondary N) is 2. The largest absolute Gasteiger partial charge is 0.383 e. The third kappa shape index (κ3) is 4.89. The number of hydrogen-bond donors (Lipinski definition) is 2. The Morgan fingerprint density at radius 2 is 2.42 bits per heavy atom. The van der Waals surface area contributed by atoms with Crippen molar-refractivity contribution in [3.05, 3.63) is 16.6 Å². The van der Waals surface area contributed by atoms with Gasteiger partial charge in [-0.15, -0.1) is 36.2 Å². The number of nitrogens with zero attached hydrogens (tertiary/aromatic N) is 1. The summed E-state index contributed by atoms with van der Waals surface area (Å²) in [5, 5.41) is 8.08. The first-order valence-electron chi connectivity index (χ1n) is 5.66. The van der Waals surface area contributed by atoms with E-state index in [2.05, 4.69) is 15.6 Å². The Bertz CT molecular complexity index is 370. The number of carbonyl (C=O) groups excluding carboxylic acids is 1. The first kappa shape index (κ1) is 18.6. The number of rotatable bonds is 5. The van der Waals surface area contributed by atoms with Gasteiger partial charge in [-0.1, -0.05) is 0 Å². The maximum absolute atomic E-state index is 11.8. The third-order valence-corrected chi connectivity index (χ3v) is 3.59. The van der Waals surface area contributed by atoms with E-state index in [1.165, 1.54) is 11.3 Å². The van der Waals surface area contributed by atoms with Crippen LogP contribution in [0.3, 0.4) is 0 Å². The summed E-state index contributed by atoms with van der Waals surface area (Å²) in [5.41, 5.74) is 2.04. The van der Waals surface area contributed by atoms with Gasteiger partial charge in [0.1, 0.15) is 5.69 Å². The smallest absolute Gasteiger partial charge is 0.270 e. The highest BCUT2D eigenvalue weighted by Gasteiger charge is 2.33. The zero-order chi connectivity index (χ0) is 12.1. The molecule has 1 atom stereocenters. The maximum Gasteiger partial charge on any atom is 0.270 e. The van der Waals surface area contributed by atoms with Gasteiger partial charge in [-0.25, -0.2) is 4.98 Å². The van der Waals surface area contributed by atoms with E-state index in [0.29, 0.717) is 18.8 Å². The summed E-state index contributed by atoms with van der Waals surface area (Å²) in [6.45, 7) is 2.18. The normalized spacial score (nSPS) is 21.3. The Morgan fingerprint density at radius 3 is 2.95 bits per heavy atom. The van der Waals surface area contributed by atoms with Crippen LogP contribution in [0.2, 0.25) is 0 Å². The first-order valence-corrected chi connectivity index (χ1v) is 6.60. The maximum atomic E-state index is 11.8. The highest BCUT2D eigenvalue weighted by atomic mass is 35.5. The van der Waals surface area contributed by atoms with Gasteiger partial charge in [0.2, 0.25) is 0 Å². The molecule has 2 rings (SSSR count). The highest BCUT2D eigenvalue weighted by Crippen LogP contribution is 2.18. The minimum atomic E-state index is -0.115. The van der Waals surface area contributed by atoms with Crippen molar-refractivity contribution in [2.24, 2.45) is 0 Å². The summed E-state index contributed by atoms with van der Waals surface area (Å²) in [5.74, 6) is -0.115. The van der Waals surface area contributed by atoms with Crippen LogP contribution in [0.4, 0.5) is 0 Å². The Balaban J connectivity index is 0.00000162. The van der Waals surface area contributed by atoms with Crippen molar-refractivity contribution in [3.63, 3.8) is 0 Å². The van der Waals surface area contributed by atoms with E-state index in [1.54, 1.807) is 18.0 Å². The van der Waals surface area contributed by atoms with Gasteiger partial charge in [-0.05, 0) is 19.4 Å². The molecule has 0 aliphatic carbocycles. The van der Waals surface area contributed by atoms with Gasteiger partial charge >= 0.3 is 0 Å². The van der Waals surface area contributed by atoms with Crippen LogP contribution < -0.4 is 10.6 Å². The van der Waals surface area contributed by atoms with Crippen molar-refractivity contribution in [1.29, 1.82) is 0 Å². The number of methoxy groups -OCH3 is 1. The first-order chi connectivity index (χ1) is 8.26. The van der Waals surface area contributed by atoms with Gasteiger partial charge in [0, 0.05) is 19.0 Å². The van der Waals surface area contributed by atoms with E-state index in [9.17, 15) is 4.79 Å². The van der Waals surface area contributed by atoms with Gasteiger partial charge in [-0.3, -0.25) is 4.79 Å². The fourth-order valence-corrected chi connectivity index (χ4v) is 2.67. The van der Waals surface area contributed by atoms with E-state index < -0.39 is 0 Å². The van der Waals surface area contributed by atoms with Crippen LogP contribution in [-0.4, -0.2) is 43.2 Å². The lowest BCUT2D eigenvalue weighted by Gasteiger charge is -2.28. The lowest BCUT2D eigenvalue weighted by molar-refractivity contribution is 0.0888. The van der Waals surface area contributed by atoms with Gasteiger partial charge in [0.15, 0.2) is 0 Å². The lowest BCUT2D eigenvalue weighted by Crippen LogP contribution is -2.53. The summed E-state index contributed by atoms with van der Waals surface area (Å²) in [4.78, 5) is 15.8. The second-order valence-electron chi connectivity index (χ2n) is 4.30. The predicted molar refractivity (Wildman–Crippen MR) is 80.8 cm³/mol.